The Morgan fingerprint density at radius 3 is 2.44 bits per heavy atom. The predicted molar refractivity (Wildman–Crippen MR) is 95.0 cm³/mol. The molecule has 0 unspecified atom stereocenters. The molecular formula is C18H26N2O4S. The van der Waals surface area contributed by atoms with Gasteiger partial charge in [-0.2, -0.15) is 17.0 Å². The molecule has 2 bridgehead atoms. The molecule has 4 rings (SSSR count). The lowest BCUT2D eigenvalue weighted by atomic mass is 10.0. The largest absolute Gasteiger partial charge is 0.497 e. The summed E-state index contributed by atoms with van der Waals surface area (Å²) >= 11 is 0. The molecule has 138 valence electrons. The van der Waals surface area contributed by atoms with Crippen molar-refractivity contribution < 1.29 is 17.9 Å². The van der Waals surface area contributed by atoms with Crippen LogP contribution in [-0.4, -0.2) is 55.9 Å². The van der Waals surface area contributed by atoms with Crippen LogP contribution in [0.4, 0.5) is 0 Å². The highest BCUT2D eigenvalue weighted by Gasteiger charge is 2.53. The lowest BCUT2D eigenvalue weighted by Gasteiger charge is -2.36. The van der Waals surface area contributed by atoms with Gasteiger partial charge in [0.25, 0.3) is 10.2 Å². The minimum absolute atomic E-state index is 0.0496. The summed E-state index contributed by atoms with van der Waals surface area (Å²) < 4.78 is 40.8. The molecule has 25 heavy (non-hydrogen) atoms. The van der Waals surface area contributed by atoms with Gasteiger partial charge >= 0.3 is 0 Å². The van der Waals surface area contributed by atoms with E-state index in [9.17, 15) is 8.42 Å². The van der Waals surface area contributed by atoms with E-state index in [4.69, 9.17) is 9.47 Å². The number of hydrogen-bond donors (Lipinski definition) is 0. The second-order valence-electron chi connectivity index (χ2n) is 7.22. The smallest absolute Gasteiger partial charge is 0.282 e. The molecule has 1 aliphatic carbocycles. The predicted octanol–water partition coefficient (Wildman–Crippen LogP) is 2.27. The summed E-state index contributed by atoms with van der Waals surface area (Å²) in [4.78, 5) is 0. The second-order valence-corrected chi connectivity index (χ2v) is 9.06. The molecule has 1 saturated carbocycles. The molecule has 3 aliphatic rings. The highest BCUT2D eigenvalue weighted by atomic mass is 32.2. The van der Waals surface area contributed by atoms with E-state index in [2.05, 4.69) is 0 Å². The molecule has 3 atom stereocenters. The monoisotopic (exact) mass is 366 g/mol. The quantitative estimate of drug-likeness (QED) is 0.775. The zero-order valence-electron chi connectivity index (χ0n) is 14.6. The minimum atomic E-state index is -3.37. The number of fused-ring (bicyclic) bond motifs is 2. The topological polar surface area (TPSA) is 59.1 Å². The fraction of sp³-hybridized carbons (Fsp3) is 0.667. The number of ether oxygens (including phenoxy) is 2. The van der Waals surface area contributed by atoms with E-state index >= 15 is 0 Å². The Morgan fingerprint density at radius 1 is 1.08 bits per heavy atom. The third-order valence-electron chi connectivity index (χ3n) is 5.81. The van der Waals surface area contributed by atoms with Crippen LogP contribution in [0.25, 0.3) is 0 Å². The number of rotatable bonds is 6. The summed E-state index contributed by atoms with van der Waals surface area (Å²) in [6.07, 6.45) is 5.00. The van der Waals surface area contributed by atoms with E-state index in [1.54, 1.807) is 15.7 Å². The van der Waals surface area contributed by atoms with Crippen LogP contribution in [0.2, 0.25) is 0 Å². The van der Waals surface area contributed by atoms with Crippen LogP contribution in [0.15, 0.2) is 24.3 Å². The highest BCUT2D eigenvalue weighted by molar-refractivity contribution is 7.86. The van der Waals surface area contributed by atoms with E-state index in [1.165, 1.54) is 0 Å². The van der Waals surface area contributed by atoms with Crippen LogP contribution < -0.4 is 9.47 Å². The Bertz CT molecular complexity index is 700. The zero-order chi connectivity index (χ0) is 17.4. The van der Waals surface area contributed by atoms with E-state index in [0.29, 0.717) is 25.6 Å². The number of nitrogens with zero attached hydrogens (tertiary/aromatic N) is 2. The Labute approximate surface area is 149 Å². The summed E-state index contributed by atoms with van der Waals surface area (Å²) in [5, 5.41) is 0. The average Bonchev–Trinajstić information content (AvgIpc) is 3.36. The van der Waals surface area contributed by atoms with E-state index in [-0.39, 0.29) is 12.1 Å². The van der Waals surface area contributed by atoms with E-state index in [0.717, 1.165) is 43.6 Å². The minimum Gasteiger partial charge on any atom is -0.497 e. The molecule has 2 saturated heterocycles. The molecule has 1 aromatic carbocycles. The van der Waals surface area contributed by atoms with Crippen molar-refractivity contribution in [2.24, 2.45) is 5.92 Å². The molecule has 0 aromatic heterocycles. The van der Waals surface area contributed by atoms with Gasteiger partial charge in [-0.15, -0.1) is 0 Å². The first kappa shape index (κ1) is 17.1. The molecule has 0 amide bonds. The van der Waals surface area contributed by atoms with Crippen LogP contribution in [0.5, 0.6) is 11.5 Å². The van der Waals surface area contributed by atoms with Crippen molar-refractivity contribution in [3.05, 3.63) is 24.3 Å². The molecule has 0 radical (unpaired) electrons. The number of hydrogen-bond acceptors (Lipinski definition) is 4. The maximum absolute atomic E-state index is 13.1. The van der Waals surface area contributed by atoms with Gasteiger partial charge in [-0.3, -0.25) is 0 Å². The third kappa shape index (κ3) is 3.13. The highest BCUT2D eigenvalue weighted by Crippen LogP contribution is 2.45. The van der Waals surface area contributed by atoms with Crippen LogP contribution in [0.1, 0.15) is 32.1 Å². The van der Waals surface area contributed by atoms with E-state index in [1.807, 2.05) is 24.3 Å². The van der Waals surface area contributed by atoms with Crippen LogP contribution in [-0.2, 0) is 10.2 Å². The SMILES string of the molecule is COc1ccc(OC[C@H]2[C@H]3CC[C@H](C3)N2S(=O)(=O)N2CCCC2)cc1. The summed E-state index contributed by atoms with van der Waals surface area (Å²) in [7, 11) is -1.74. The first-order valence-corrected chi connectivity index (χ1v) is 10.5. The van der Waals surface area contributed by atoms with E-state index < -0.39 is 10.2 Å². The van der Waals surface area contributed by atoms with Gasteiger partial charge < -0.3 is 9.47 Å². The van der Waals surface area contributed by atoms with Crippen molar-refractivity contribution >= 4 is 10.2 Å². The van der Waals surface area contributed by atoms with Crippen molar-refractivity contribution in [1.29, 1.82) is 0 Å². The number of benzene rings is 1. The lowest BCUT2D eigenvalue weighted by molar-refractivity contribution is 0.156. The third-order valence-corrected chi connectivity index (χ3v) is 7.93. The molecule has 0 N–H and O–H groups in total. The van der Waals surface area contributed by atoms with Crippen LogP contribution >= 0.6 is 0 Å². The van der Waals surface area contributed by atoms with Gasteiger partial charge in [0.1, 0.15) is 18.1 Å². The fourth-order valence-corrected chi connectivity index (χ4v) is 6.66. The second kappa shape index (κ2) is 6.78. The maximum atomic E-state index is 13.1. The fourth-order valence-electron chi connectivity index (χ4n) is 4.53. The summed E-state index contributed by atoms with van der Waals surface area (Å²) in [5.74, 6) is 1.95. The Balaban J connectivity index is 1.48. The average molecular weight is 366 g/mol. The molecule has 1 aromatic rings. The first-order chi connectivity index (χ1) is 12.1. The Morgan fingerprint density at radius 2 is 1.76 bits per heavy atom. The molecule has 6 nitrogen and oxygen atoms in total. The molecule has 3 fully saturated rings. The molecular weight excluding hydrogens is 340 g/mol. The van der Waals surface area contributed by atoms with Crippen molar-refractivity contribution in [3.8, 4) is 11.5 Å². The number of piperidine rings is 1. The van der Waals surface area contributed by atoms with Crippen LogP contribution in [0.3, 0.4) is 0 Å². The van der Waals surface area contributed by atoms with Gasteiger partial charge in [0.05, 0.1) is 13.2 Å². The summed E-state index contributed by atoms with van der Waals surface area (Å²) in [6.45, 7) is 1.73. The van der Waals surface area contributed by atoms with Gasteiger partial charge in [-0.25, -0.2) is 0 Å². The van der Waals surface area contributed by atoms with Gasteiger partial charge in [0.15, 0.2) is 0 Å². The van der Waals surface area contributed by atoms with Gasteiger partial charge in [0, 0.05) is 19.1 Å². The van der Waals surface area contributed by atoms with Crippen molar-refractivity contribution in [1.82, 2.24) is 8.61 Å². The molecule has 2 aliphatic heterocycles. The molecule has 7 heteroatoms. The summed E-state index contributed by atoms with van der Waals surface area (Å²) in [6, 6.07) is 7.55. The first-order valence-electron chi connectivity index (χ1n) is 9.15. The normalized spacial score (nSPS) is 30.0. The van der Waals surface area contributed by atoms with Gasteiger partial charge in [-0.1, -0.05) is 0 Å². The van der Waals surface area contributed by atoms with Crippen LogP contribution in [0, 0.1) is 5.92 Å². The zero-order valence-corrected chi connectivity index (χ0v) is 15.5. The molecule has 2 heterocycles. The summed E-state index contributed by atoms with van der Waals surface area (Å²) in [5.41, 5.74) is 0. The van der Waals surface area contributed by atoms with Gasteiger partial charge in [0.2, 0.25) is 0 Å². The van der Waals surface area contributed by atoms with Gasteiger partial charge in [-0.05, 0) is 62.3 Å². The van der Waals surface area contributed by atoms with Crippen molar-refractivity contribution in [2.75, 3.05) is 26.8 Å². The lowest BCUT2D eigenvalue weighted by Crippen LogP contribution is -2.52. The van der Waals surface area contributed by atoms with Crippen molar-refractivity contribution in [3.63, 3.8) is 0 Å². The standard InChI is InChI=1S/C18H26N2O4S/c1-23-16-6-8-17(9-7-16)24-13-18-14-4-5-15(12-14)20(18)25(21,22)19-10-2-3-11-19/h6-9,14-15,18H,2-5,10-13H2,1H3/t14-,15+,18-/m0/s1. The Hall–Kier alpha value is -1.31. The van der Waals surface area contributed by atoms with Crippen molar-refractivity contribution in [2.45, 2.75) is 44.2 Å². The number of methoxy groups -OCH3 is 1. The molecule has 0 spiro atoms. The Kier molecular flexibility index (Phi) is 4.64. The maximum Gasteiger partial charge on any atom is 0.282 e.